The first-order valence-electron chi connectivity index (χ1n) is 2.98. The monoisotopic (exact) mass is 112 g/mol. The normalized spacial score (nSPS) is 18.6. The maximum absolute atomic E-state index is 10.5. The van der Waals surface area contributed by atoms with Gasteiger partial charge in [-0.3, -0.25) is 0 Å². The van der Waals surface area contributed by atoms with Crippen molar-refractivity contribution in [2.75, 3.05) is 6.61 Å². The zero-order chi connectivity index (χ0) is 5.98. The second-order valence-corrected chi connectivity index (χ2v) is 2.21. The minimum atomic E-state index is 0.163. The Balaban J connectivity index is 2.17. The molecule has 1 aliphatic rings. The van der Waals surface area contributed by atoms with Gasteiger partial charge in [-0.15, -0.1) is 0 Å². The van der Waals surface area contributed by atoms with Crippen LogP contribution in [-0.4, -0.2) is 24.1 Å². The molecule has 0 aromatic heterocycles. The van der Waals surface area contributed by atoms with Crippen molar-refractivity contribution >= 4 is 12.4 Å². The van der Waals surface area contributed by atoms with Crippen LogP contribution in [0.4, 0.5) is 0 Å². The molecule has 0 aromatic rings. The number of hydrogen-bond donors (Lipinski definition) is 1. The zero-order valence-electron chi connectivity index (χ0n) is 4.76. The quantitative estimate of drug-likeness (QED) is 0.510. The molecule has 0 aliphatic carbocycles. The summed E-state index contributed by atoms with van der Waals surface area (Å²) in [7, 11) is 0. The van der Waals surface area contributed by atoms with Crippen molar-refractivity contribution in [3.8, 4) is 0 Å². The lowest BCUT2D eigenvalue weighted by molar-refractivity contribution is -0.113. The van der Waals surface area contributed by atoms with E-state index in [4.69, 9.17) is 5.11 Å². The lowest BCUT2D eigenvalue weighted by Gasteiger charge is -2.18. The third-order valence-corrected chi connectivity index (χ3v) is 1.67. The molecule has 8 heavy (non-hydrogen) atoms. The third-order valence-electron chi connectivity index (χ3n) is 1.67. The molecule has 0 unspecified atom stereocenters. The van der Waals surface area contributed by atoms with E-state index in [1.54, 1.807) is 0 Å². The maximum Gasteiger partial charge on any atom is 0.225 e. The molecule has 0 radical (unpaired) electrons. The van der Waals surface area contributed by atoms with Gasteiger partial charge in [0.25, 0.3) is 0 Å². The Labute approximate surface area is 49.0 Å². The van der Waals surface area contributed by atoms with E-state index in [1.165, 1.54) is 0 Å². The fourth-order valence-corrected chi connectivity index (χ4v) is 0.927. The van der Waals surface area contributed by atoms with Gasteiger partial charge in [-0.05, 0) is 12.7 Å². The third kappa shape index (κ3) is 0.918. The summed E-state index contributed by atoms with van der Waals surface area (Å²) in [4.78, 5) is 10.5. The number of carbonyl (C=O) groups is 1. The van der Waals surface area contributed by atoms with Gasteiger partial charge in [-0.25, -0.2) is 0 Å². The summed E-state index contributed by atoms with van der Waals surface area (Å²) >= 11 is 0. The predicted molar refractivity (Wildman–Crippen MR) is 32.1 cm³/mol. The molecule has 44 valence electrons. The molecule has 0 amide bonds. The highest BCUT2D eigenvalue weighted by Crippen LogP contribution is 2.16. The molecule has 0 bridgehead atoms. The summed E-state index contributed by atoms with van der Waals surface area (Å²) in [6, 6.07) is 0. The number of carbonyl (C=O) groups excluding carboxylic acids is 1. The molecular weight excluding hydrogens is 103 g/mol. The van der Waals surface area contributed by atoms with Crippen LogP contribution in [0, 0.1) is 0 Å². The number of hydrogen-bond acceptors (Lipinski definition) is 2. The van der Waals surface area contributed by atoms with E-state index in [1.807, 2.05) is 0 Å². The first-order valence-corrected chi connectivity index (χ1v) is 2.98. The Morgan fingerprint density at radius 1 is 1.75 bits per heavy atom. The summed E-state index contributed by atoms with van der Waals surface area (Å²) in [6.07, 6.45) is 2.42. The fourth-order valence-electron chi connectivity index (χ4n) is 0.927. The van der Waals surface area contributed by atoms with Crippen molar-refractivity contribution in [1.29, 1.82) is 0 Å². The van der Waals surface area contributed by atoms with Gasteiger partial charge in [0.05, 0.1) is 5.68 Å². The van der Waals surface area contributed by atoms with Crippen LogP contribution in [0.2, 0.25) is 12.6 Å². The molecule has 1 aliphatic heterocycles. The van der Waals surface area contributed by atoms with Gasteiger partial charge in [-0.1, -0.05) is 6.32 Å². The van der Waals surface area contributed by atoms with Crippen LogP contribution >= 0.6 is 0 Å². The molecule has 0 saturated carbocycles. The molecule has 1 fully saturated rings. The SMILES string of the molecule is O=C1CCB1CCO. The summed E-state index contributed by atoms with van der Waals surface area (Å²) in [6.45, 7) is 0.371. The van der Waals surface area contributed by atoms with E-state index in [0.29, 0.717) is 12.0 Å². The van der Waals surface area contributed by atoms with Crippen molar-refractivity contribution in [2.45, 2.75) is 19.1 Å². The van der Waals surface area contributed by atoms with Gasteiger partial charge in [0.1, 0.15) is 0 Å². The Morgan fingerprint density at radius 3 is 2.62 bits per heavy atom. The molecular formula is C5H9BO2. The van der Waals surface area contributed by atoms with Gasteiger partial charge in [0, 0.05) is 6.61 Å². The molecule has 1 rings (SSSR count). The van der Waals surface area contributed by atoms with Gasteiger partial charge >= 0.3 is 0 Å². The molecule has 0 atom stereocenters. The molecule has 0 aromatic carbocycles. The van der Waals surface area contributed by atoms with E-state index >= 15 is 0 Å². The van der Waals surface area contributed by atoms with Crippen LogP contribution in [0.25, 0.3) is 0 Å². The molecule has 1 heterocycles. The molecule has 1 saturated heterocycles. The largest absolute Gasteiger partial charge is 0.397 e. The summed E-state index contributed by atoms with van der Waals surface area (Å²) < 4.78 is 0. The van der Waals surface area contributed by atoms with Crippen molar-refractivity contribution in [3.63, 3.8) is 0 Å². The maximum atomic E-state index is 10.5. The van der Waals surface area contributed by atoms with E-state index in [0.717, 1.165) is 12.7 Å². The molecule has 1 N–H and O–H groups in total. The van der Waals surface area contributed by atoms with Gasteiger partial charge in [-0.2, -0.15) is 0 Å². The predicted octanol–water partition coefficient (Wildman–Crippen LogP) is -0.0145. The Kier molecular flexibility index (Phi) is 1.68. The molecule has 2 nitrogen and oxygen atoms in total. The van der Waals surface area contributed by atoms with E-state index < -0.39 is 0 Å². The van der Waals surface area contributed by atoms with Gasteiger partial charge in [0.2, 0.25) is 6.71 Å². The van der Waals surface area contributed by atoms with Crippen LogP contribution in [0.5, 0.6) is 0 Å². The second-order valence-electron chi connectivity index (χ2n) is 2.21. The Bertz CT molecular complexity index is 103. The summed E-state index contributed by atoms with van der Waals surface area (Å²) in [5.74, 6) is 0. The van der Waals surface area contributed by atoms with Crippen LogP contribution in [0.3, 0.4) is 0 Å². The minimum absolute atomic E-state index is 0.163. The topological polar surface area (TPSA) is 37.3 Å². The summed E-state index contributed by atoms with van der Waals surface area (Å²) in [5.41, 5.74) is 0.332. The lowest BCUT2D eigenvalue weighted by atomic mass is 9.33. The second kappa shape index (κ2) is 2.31. The van der Waals surface area contributed by atoms with Crippen LogP contribution in [0.1, 0.15) is 6.42 Å². The Hall–Kier alpha value is -0.305. The highest BCUT2D eigenvalue weighted by Gasteiger charge is 2.30. The number of aliphatic hydroxyl groups is 1. The zero-order valence-corrected chi connectivity index (χ0v) is 4.76. The van der Waals surface area contributed by atoms with Crippen molar-refractivity contribution in [3.05, 3.63) is 0 Å². The standard InChI is InChI=1S/C5H9BO2/c7-4-3-6-2-1-5(6)8/h7H,1-4H2. The average Bonchev–Trinajstić information content (AvgIpc) is 1.79. The van der Waals surface area contributed by atoms with Crippen LogP contribution in [-0.2, 0) is 4.79 Å². The Morgan fingerprint density at radius 2 is 2.50 bits per heavy atom. The lowest BCUT2D eigenvalue weighted by Crippen LogP contribution is -2.36. The average molecular weight is 112 g/mol. The van der Waals surface area contributed by atoms with Gasteiger partial charge in [0.15, 0.2) is 0 Å². The van der Waals surface area contributed by atoms with Crippen LogP contribution < -0.4 is 0 Å². The van der Waals surface area contributed by atoms with Crippen molar-refractivity contribution < 1.29 is 9.90 Å². The highest BCUT2D eigenvalue weighted by atomic mass is 16.2. The van der Waals surface area contributed by atoms with Gasteiger partial charge < -0.3 is 9.90 Å². The van der Waals surface area contributed by atoms with Crippen LogP contribution in [0.15, 0.2) is 0 Å². The molecule has 0 spiro atoms. The van der Waals surface area contributed by atoms with Crippen molar-refractivity contribution in [2.24, 2.45) is 0 Å². The number of rotatable bonds is 2. The first-order chi connectivity index (χ1) is 3.84. The smallest absolute Gasteiger partial charge is 0.225 e. The fraction of sp³-hybridized carbons (Fsp3) is 0.800. The summed E-state index contributed by atoms with van der Waals surface area (Å²) in [5, 5.41) is 8.37. The van der Waals surface area contributed by atoms with E-state index in [9.17, 15) is 4.79 Å². The van der Waals surface area contributed by atoms with E-state index in [-0.39, 0.29) is 13.3 Å². The molecule has 3 heteroatoms. The van der Waals surface area contributed by atoms with E-state index in [2.05, 4.69) is 0 Å². The number of aliphatic hydroxyl groups excluding tert-OH is 1. The highest BCUT2D eigenvalue weighted by molar-refractivity contribution is 6.94. The minimum Gasteiger partial charge on any atom is -0.397 e. The first kappa shape index (κ1) is 5.82. The van der Waals surface area contributed by atoms with Crippen molar-refractivity contribution in [1.82, 2.24) is 0 Å².